The van der Waals surface area contributed by atoms with Crippen LogP contribution in [0.25, 0.3) is 0 Å². The molecule has 7 heteroatoms. The highest BCUT2D eigenvalue weighted by Gasteiger charge is 2.28. The van der Waals surface area contributed by atoms with E-state index in [2.05, 4.69) is 4.98 Å². The summed E-state index contributed by atoms with van der Waals surface area (Å²) >= 11 is 0. The molecule has 0 radical (unpaired) electrons. The molecule has 2 heterocycles. The molecule has 0 saturated carbocycles. The molecule has 1 aromatic heterocycles. The van der Waals surface area contributed by atoms with E-state index >= 15 is 0 Å². The molecular weight excluding hydrogens is 286 g/mol. The van der Waals surface area contributed by atoms with Crippen molar-refractivity contribution in [2.24, 2.45) is 0 Å². The van der Waals surface area contributed by atoms with Gasteiger partial charge in [-0.2, -0.15) is 4.98 Å². The number of anilines is 1. The van der Waals surface area contributed by atoms with Gasteiger partial charge in [0.05, 0.1) is 19.8 Å². The molecule has 7 nitrogen and oxygen atoms in total. The minimum atomic E-state index is -0.508. The van der Waals surface area contributed by atoms with E-state index in [1.165, 1.54) is 4.57 Å². The monoisotopic (exact) mass is 303 g/mol. The zero-order valence-electron chi connectivity index (χ0n) is 11.9. The predicted molar refractivity (Wildman–Crippen MR) is 78.9 cm³/mol. The van der Waals surface area contributed by atoms with E-state index in [0.29, 0.717) is 13.2 Å². The molecule has 1 aliphatic rings. The molecule has 3 rings (SSSR count). The quantitative estimate of drug-likeness (QED) is 0.883. The first-order chi connectivity index (χ1) is 10.7. The maximum absolute atomic E-state index is 11.7. The summed E-state index contributed by atoms with van der Waals surface area (Å²) in [6, 6.07) is 11.4. The Morgan fingerprint density at radius 1 is 1.32 bits per heavy atom. The van der Waals surface area contributed by atoms with Crippen LogP contribution in [0.2, 0.25) is 0 Å². The maximum atomic E-state index is 11.7. The maximum Gasteiger partial charge on any atom is 0.351 e. The van der Waals surface area contributed by atoms with Gasteiger partial charge in [0.1, 0.15) is 5.82 Å². The highest BCUT2D eigenvalue weighted by Crippen LogP contribution is 2.20. The van der Waals surface area contributed by atoms with E-state index in [0.717, 1.165) is 5.56 Å². The summed E-state index contributed by atoms with van der Waals surface area (Å²) in [5.74, 6) is 0.183. The molecule has 2 aromatic rings. The van der Waals surface area contributed by atoms with Crippen molar-refractivity contribution in [1.29, 1.82) is 0 Å². The van der Waals surface area contributed by atoms with Crippen LogP contribution in [-0.2, 0) is 20.8 Å². The van der Waals surface area contributed by atoms with Crippen LogP contribution in [0.4, 0.5) is 5.82 Å². The van der Waals surface area contributed by atoms with Crippen LogP contribution < -0.4 is 11.4 Å². The molecule has 1 fully saturated rings. The fraction of sp³-hybridized carbons (Fsp3) is 0.333. The Hall–Kier alpha value is -2.22. The van der Waals surface area contributed by atoms with Gasteiger partial charge in [0.25, 0.3) is 0 Å². The van der Waals surface area contributed by atoms with Crippen LogP contribution >= 0.6 is 0 Å². The standard InChI is InChI=1S/C15H17N3O4/c16-12-6-7-18(15(19)17-12)13-9-21-14(22-13)10-20-8-11-4-2-1-3-5-11/h1-7,13-14H,8-10H2,(H2,16,17,19). The van der Waals surface area contributed by atoms with Crippen molar-refractivity contribution < 1.29 is 14.2 Å². The van der Waals surface area contributed by atoms with Crippen LogP contribution in [0.5, 0.6) is 0 Å². The van der Waals surface area contributed by atoms with Crippen molar-refractivity contribution in [2.45, 2.75) is 19.1 Å². The Morgan fingerprint density at radius 2 is 2.14 bits per heavy atom. The number of nitrogens with zero attached hydrogens (tertiary/aromatic N) is 2. The predicted octanol–water partition coefficient (Wildman–Crippen LogP) is 0.914. The average Bonchev–Trinajstić information content (AvgIpc) is 2.97. The number of hydrogen-bond donors (Lipinski definition) is 1. The van der Waals surface area contributed by atoms with Crippen LogP contribution in [0, 0.1) is 0 Å². The molecule has 2 unspecified atom stereocenters. The van der Waals surface area contributed by atoms with Crippen molar-refractivity contribution in [3.63, 3.8) is 0 Å². The molecule has 116 valence electrons. The molecule has 1 saturated heterocycles. The first-order valence-corrected chi connectivity index (χ1v) is 6.96. The van der Waals surface area contributed by atoms with E-state index < -0.39 is 18.2 Å². The topological polar surface area (TPSA) is 88.6 Å². The minimum absolute atomic E-state index is 0.183. The zero-order chi connectivity index (χ0) is 15.4. The van der Waals surface area contributed by atoms with Gasteiger partial charge in [0.2, 0.25) is 0 Å². The Labute approximate surface area is 127 Å². The highest BCUT2D eigenvalue weighted by molar-refractivity contribution is 5.23. The van der Waals surface area contributed by atoms with Crippen LogP contribution in [0.1, 0.15) is 11.8 Å². The summed E-state index contributed by atoms with van der Waals surface area (Å²) in [6.07, 6.45) is 0.537. The van der Waals surface area contributed by atoms with Crippen LogP contribution in [-0.4, -0.2) is 29.1 Å². The van der Waals surface area contributed by atoms with E-state index in [9.17, 15) is 4.79 Å². The Morgan fingerprint density at radius 3 is 2.91 bits per heavy atom. The van der Waals surface area contributed by atoms with Gasteiger partial charge >= 0.3 is 5.69 Å². The summed E-state index contributed by atoms with van der Waals surface area (Å²) in [7, 11) is 0. The number of rotatable bonds is 5. The fourth-order valence-corrected chi connectivity index (χ4v) is 2.17. The number of benzene rings is 1. The van der Waals surface area contributed by atoms with Gasteiger partial charge < -0.3 is 19.9 Å². The van der Waals surface area contributed by atoms with Crippen molar-refractivity contribution in [3.05, 3.63) is 58.6 Å². The molecule has 0 aliphatic carbocycles. The molecule has 1 aromatic carbocycles. The van der Waals surface area contributed by atoms with Crippen molar-refractivity contribution in [1.82, 2.24) is 9.55 Å². The summed E-state index contributed by atoms with van der Waals surface area (Å²) < 4.78 is 18.0. The number of nitrogens with two attached hydrogens (primary N) is 1. The van der Waals surface area contributed by atoms with E-state index in [1.54, 1.807) is 12.3 Å². The molecule has 0 bridgehead atoms. The van der Waals surface area contributed by atoms with Gasteiger partial charge in [-0.05, 0) is 11.6 Å². The molecular formula is C15H17N3O4. The van der Waals surface area contributed by atoms with Crippen molar-refractivity contribution >= 4 is 5.82 Å². The van der Waals surface area contributed by atoms with E-state index in [4.69, 9.17) is 19.9 Å². The number of nitrogen functional groups attached to an aromatic ring is 1. The number of aromatic nitrogens is 2. The van der Waals surface area contributed by atoms with Gasteiger partial charge in [-0.3, -0.25) is 4.57 Å². The third-order valence-electron chi connectivity index (χ3n) is 3.26. The smallest absolute Gasteiger partial charge is 0.351 e. The lowest BCUT2D eigenvalue weighted by Gasteiger charge is -2.13. The van der Waals surface area contributed by atoms with E-state index in [1.807, 2.05) is 30.3 Å². The second-order valence-corrected chi connectivity index (χ2v) is 4.90. The van der Waals surface area contributed by atoms with Crippen LogP contribution in [0.3, 0.4) is 0 Å². The summed E-state index contributed by atoms with van der Waals surface area (Å²) in [4.78, 5) is 15.4. The normalized spacial score (nSPS) is 21.1. The summed E-state index contributed by atoms with van der Waals surface area (Å²) in [6.45, 7) is 1.05. The molecule has 1 aliphatic heterocycles. The minimum Gasteiger partial charge on any atom is -0.383 e. The molecule has 2 atom stereocenters. The third-order valence-corrected chi connectivity index (χ3v) is 3.26. The highest BCUT2D eigenvalue weighted by atomic mass is 16.7. The first-order valence-electron chi connectivity index (χ1n) is 6.96. The number of ether oxygens (including phenoxy) is 3. The zero-order valence-corrected chi connectivity index (χ0v) is 11.9. The largest absolute Gasteiger partial charge is 0.383 e. The SMILES string of the molecule is Nc1ccn(C2COC(COCc3ccccc3)O2)c(=O)n1. The van der Waals surface area contributed by atoms with Gasteiger partial charge in [-0.1, -0.05) is 30.3 Å². The first kappa shape index (κ1) is 14.7. The van der Waals surface area contributed by atoms with Gasteiger partial charge in [-0.25, -0.2) is 4.79 Å². The molecule has 0 spiro atoms. The third kappa shape index (κ3) is 3.51. The summed E-state index contributed by atoms with van der Waals surface area (Å²) in [5, 5.41) is 0. The lowest BCUT2D eigenvalue weighted by atomic mass is 10.2. The second kappa shape index (κ2) is 6.69. The van der Waals surface area contributed by atoms with E-state index in [-0.39, 0.29) is 12.4 Å². The molecule has 22 heavy (non-hydrogen) atoms. The fourth-order valence-electron chi connectivity index (χ4n) is 2.17. The second-order valence-electron chi connectivity index (χ2n) is 4.90. The average molecular weight is 303 g/mol. The Balaban J connectivity index is 1.51. The summed E-state index contributed by atoms with van der Waals surface area (Å²) in [5.41, 5.74) is 6.08. The van der Waals surface area contributed by atoms with Crippen molar-refractivity contribution in [3.8, 4) is 0 Å². The molecule has 2 N–H and O–H groups in total. The van der Waals surface area contributed by atoms with Gasteiger partial charge in [-0.15, -0.1) is 0 Å². The Bertz CT molecular complexity index is 674. The van der Waals surface area contributed by atoms with Crippen molar-refractivity contribution in [2.75, 3.05) is 18.9 Å². The lowest BCUT2D eigenvalue weighted by molar-refractivity contribution is -0.118. The van der Waals surface area contributed by atoms with Crippen LogP contribution in [0.15, 0.2) is 47.4 Å². The molecule has 0 amide bonds. The lowest BCUT2D eigenvalue weighted by Crippen LogP contribution is -2.28. The van der Waals surface area contributed by atoms with Gasteiger partial charge in [0, 0.05) is 6.20 Å². The number of hydrogen-bond acceptors (Lipinski definition) is 6. The Kier molecular flexibility index (Phi) is 4.47. The van der Waals surface area contributed by atoms with Gasteiger partial charge in [0.15, 0.2) is 12.5 Å².